The SMILES string of the molecule is CC(CC(=O)Nc1cccc(N2CCCC2)c1)NC(=O)c1ccc(-c2ccc(F)cc2)o1. The molecule has 2 aromatic carbocycles. The lowest BCUT2D eigenvalue weighted by atomic mass is 10.2. The summed E-state index contributed by atoms with van der Waals surface area (Å²) >= 11 is 0. The minimum absolute atomic E-state index is 0.130. The molecule has 0 bridgehead atoms. The van der Waals surface area contributed by atoms with Crippen LogP contribution in [0.4, 0.5) is 15.8 Å². The zero-order valence-corrected chi connectivity index (χ0v) is 17.9. The molecule has 6 nitrogen and oxygen atoms in total. The van der Waals surface area contributed by atoms with Crippen LogP contribution in [0.2, 0.25) is 0 Å². The smallest absolute Gasteiger partial charge is 0.287 e. The van der Waals surface area contributed by atoms with Gasteiger partial charge in [-0.25, -0.2) is 4.39 Å². The van der Waals surface area contributed by atoms with Gasteiger partial charge in [0.15, 0.2) is 5.76 Å². The Balaban J connectivity index is 1.30. The van der Waals surface area contributed by atoms with E-state index in [4.69, 9.17) is 4.42 Å². The van der Waals surface area contributed by atoms with Gasteiger partial charge < -0.3 is 20.0 Å². The van der Waals surface area contributed by atoms with Gasteiger partial charge >= 0.3 is 0 Å². The fourth-order valence-electron chi connectivity index (χ4n) is 3.82. The maximum Gasteiger partial charge on any atom is 0.287 e. The third-order valence-electron chi connectivity index (χ3n) is 5.43. The number of benzene rings is 2. The molecule has 7 heteroatoms. The van der Waals surface area contributed by atoms with E-state index in [1.807, 2.05) is 24.3 Å². The molecule has 1 aliphatic heterocycles. The molecule has 1 atom stereocenters. The van der Waals surface area contributed by atoms with Crippen molar-refractivity contribution in [1.82, 2.24) is 5.32 Å². The highest BCUT2D eigenvalue weighted by atomic mass is 19.1. The summed E-state index contributed by atoms with van der Waals surface area (Å²) in [6.07, 6.45) is 2.51. The van der Waals surface area contributed by atoms with E-state index < -0.39 is 5.91 Å². The van der Waals surface area contributed by atoms with Crippen LogP contribution in [0.5, 0.6) is 0 Å². The van der Waals surface area contributed by atoms with Gasteiger partial charge in [0, 0.05) is 42.5 Å². The summed E-state index contributed by atoms with van der Waals surface area (Å²) in [6, 6.07) is 16.5. The van der Waals surface area contributed by atoms with Crippen molar-refractivity contribution in [1.29, 1.82) is 0 Å². The maximum atomic E-state index is 13.1. The largest absolute Gasteiger partial charge is 0.451 e. The summed E-state index contributed by atoms with van der Waals surface area (Å²) in [4.78, 5) is 27.3. The highest BCUT2D eigenvalue weighted by molar-refractivity contribution is 5.94. The van der Waals surface area contributed by atoms with Crippen molar-refractivity contribution >= 4 is 23.2 Å². The predicted octanol–water partition coefficient (Wildman–Crippen LogP) is 4.83. The van der Waals surface area contributed by atoms with Crippen LogP contribution < -0.4 is 15.5 Å². The van der Waals surface area contributed by atoms with E-state index in [-0.39, 0.29) is 29.9 Å². The maximum absolute atomic E-state index is 13.1. The lowest BCUT2D eigenvalue weighted by Crippen LogP contribution is -2.35. The van der Waals surface area contributed by atoms with E-state index in [2.05, 4.69) is 15.5 Å². The van der Waals surface area contributed by atoms with Crippen LogP contribution in [0.1, 0.15) is 36.7 Å². The Hall–Kier alpha value is -3.61. The third-order valence-corrected chi connectivity index (χ3v) is 5.43. The molecule has 0 radical (unpaired) electrons. The molecule has 2 N–H and O–H groups in total. The van der Waals surface area contributed by atoms with Crippen LogP contribution >= 0.6 is 0 Å². The fourth-order valence-corrected chi connectivity index (χ4v) is 3.82. The fraction of sp³-hybridized carbons (Fsp3) is 0.280. The molecule has 166 valence electrons. The van der Waals surface area contributed by atoms with Crippen molar-refractivity contribution < 1.29 is 18.4 Å². The second-order valence-electron chi connectivity index (χ2n) is 8.04. The second kappa shape index (κ2) is 9.68. The Morgan fingerprint density at radius 2 is 1.81 bits per heavy atom. The molecule has 3 aromatic rings. The Labute approximate surface area is 186 Å². The Kier molecular flexibility index (Phi) is 6.54. The van der Waals surface area contributed by atoms with Crippen LogP contribution in [-0.4, -0.2) is 30.9 Å². The average Bonchev–Trinajstić information content (AvgIpc) is 3.47. The lowest BCUT2D eigenvalue weighted by molar-refractivity contribution is -0.116. The van der Waals surface area contributed by atoms with E-state index in [1.165, 1.54) is 25.0 Å². The number of amides is 2. The van der Waals surface area contributed by atoms with Crippen molar-refractivity contribution in [3.63, 3.8) is 0 Å². The van der Waals surface area contributed by atoms with Gasteiger partial charge in [0.25, 0.3) is 5.91 Å². The van der Waals surface area contributed by atoms with Gasteiger partial charge in [-0.05, 0) is 74.4 Å². The summed E-state index contributed by atoms with van der Waals surface area (Å²) in [5.74, 6) is -0.320. The molecule has 1 unspecified atom stereocenters. The minimum atomic E-state index is -0.408. The van der Waals surface area contributed by atoms with Crippen LogP contribution in [0.15, 0.2) is 65.1 Å². The standard InChI is InChI=1S/C25H26FN3O3/c1-17(15-24(30)28-20-5-4-6-21(16-20)29-13-2-3-14-29)27-25(31)23-12-11-22(32-23)18-7-9-19(26)10-8-18/h4-12,16-17H,2-3,13-15H2,1H3,(H,27,31)(H,28,30). The molecule has 1 aromatic heterocycles. The molecule has 0 spiro atoms. The first-order valence-electron chi connectivity index (χ1n) is 10.8. The Bertz CT molecular complexity index is 1090. The second-order valence-corrected chi connectivity index (χ2v) is 8.04. The molecule has 0 aliphatic carbocycles. The van der Waals surface area contributed by atoms with Crippen molar-refractivity contribution in [3.8, 4) is 11.3 Å². The van der Waals surface area contributed by atoms with Gasteiger partial charge in [0.2, 0.25) is 5.91 Å². The first kappa shape index (κ1) is 21.6. The number of hydrogen-bond donors (Lipinski definition) is 2. The molecule has 2 amide bonds. The zero-order chi connectivity index (χ0) is 22.5. The number of nitrogens with one attached hydrogen (secondary N) is 2. The quantitative estimate of drug-likeness (QED) is 0.557. The Morgan fingerprint density at radius 1 is 1.06 bits per heavy atom. The Morgan fingerprint density at radius 3 is 2.56 bits per heavy atom. The van der Waals surface area contributed by atoms with E-state index in [9.17, 15) is 14.0 Å². The topological polar surface area (TPSA) is 74.6 Å². The molecule has 2 heterocycles. The van der Waals surface area contributed by atoms with E-state index in [0.717, 1.165) is 24.5 Å². The summed E-state index contributed by atoms with van der Waals surface area (Å²) in [5, 5.41) is 5.69. The summed E-state index contributed by atoms with van der Waals surface area (Å²) in [7, 11) is 0. The summed E-state index contributed by atoms with van der Waals surface area (Å²) < 4.78 is 18.7. The molecule has 4 rings (SSSR count). The van der Waals surface area contributed by atoms with Crippen LogP contribution in [0.3, 0.4) is 0 Å². The third kappa shape index (κ3) is 5.35. The molecule has 0 saturated carbocycles. The number of nitrogens with zero attached hydrogens (tertiary/aromatic N) is 1. The van der Waals surface area contributed by atoms with Crippen molar-refractivity contribution in [2.45, 2.75) is 32.2 Å². The number of carbonyl (C=O) groups excluding carboxylic acids is 2. The van der Waals surface area contributed by atoms with Gasteiger partial charge in [-0.15, -0.1) is 0 Å². The van der Waals surface area contributed by atoms with Gasteiger partial charge in [0.1, 0.15) is 11.6 Å². The zero-order valence-electron chi connectivity index (χ0n) is 17.9. The highest BCUT2D eigenvalue weighted by Gasteiger charge is 2.18. The molecule has 1 fully saturated rings. The number of rotatable bonds is 7. The monoisotopic (exact) mass is 435 g/mol. The van der Waals surface area contributed by atoms with Gasteiger partial charge in [-0.1, -0.05) is 6.07 Å². The normalized spacial score (nSPS) is 14.2. The molecular weight excluding hydrogens is 409 g/mol. The van der Waals surface area contributed by atoms with Crippen LogP contribution in [0, 0.1) is 5.82 Å². The number of anilines is 2. The first-order chi connectivity index (χ1) is 15.5. The van der Waals surface area contributed by atoms with Crippen LogP contribution in [0.25, 0.3) is 11.3 Å². The van der Waals surface area contributed by atoms with E-state index in [0.29, 0.717) is 11.3 Å². The lowest BCUT2D eigenvalue weighted by Gasteiger charge is -2.19. The van der Waals surface area contributed by atoms with Crippen molar-refractivity contribution in [2.75, 3.05) is 23.3 Å². The number of halogens is 1. The number of carbonyl (C=O) groups is 2. The predicted molar refractivity (Wildman–Crippen MR) is 122 cm³/mol. The van der Waals surface area contributed by atoms with Crippen molar-refractivity contribution in [2.24, 2.45) is 0 Å². The minimum Gasteiger partial charge on any atom is -0.451 e. The number of furan rings is 1. The van der Waals surface area contributed by atoms with Gasteiger partial charge in [-0.3, -0.25) is 9.59 Å². The van der Waals surface area contributed by atoms with Crippen LogP contribution in [-0.2, 0) is 4.79 Å². The number of hydrogen-bond acceptors (Lipinski definition) is 4. The molecule has 1 aliphatic rings. The van der Waals surface area contributed by atoms with Gasteiger partial charge in [-0.2, -0.15) is 0 Å². The van der Waals surface area contributed by atoms with E-state index in [1.54, 1.807) is 31.2 Å². The summed E-state index contributed by atoms with van der Waals surface area (Å²) in [5.41, 5.74) is 2.53. The van der Waals surface area contributed by atoms with E-state index >= 15 is 0 Å². The molecular formula is C25H26FN3O3. The highest BCUT2D eigenvalue weighted by Crippen LogP contribution is 2.24. The molecule has 32 heavy (non-hydrogen) atoms. The van der Waals surface area contributed by atoms with Crippen molar-refractivity contribution in [3.05, 3.63) is 72.2 Å². The average molecular weight is 435 g/mol. The van der Waals surface area contributed by atoms with Gasteiger partial charge in [0.05, 0.1) is 0 Å². The first-order valence-corrected chi connectivity index (χ1v) is 10.8. The molecule has 1 saturated heterocycles. The summed E-state index contributed by atoms with van der Waals surface area (Å²) in [6.45, 7) is 3.84.